The zero-order valence-corrected chi connectivity index (χ0v) is 44.5. The van der Waals surface area contributed by atoms with Crippen LogP contribution < -0.4 is 5.32 Å². The smallest absolute Gasteiger partial charge is 0.306 e. The normalized spacial score (nSPS) is 13.6. The van der Waals surface area contributed by atoms with Crippen LogP contribution >= 0.6 is 0 Å². The first-order valence-electron chi connectivity index (χ1n) is 29.0. The van der Waals surface area contributed by atoms with Crippen molar-refractivity contribution >= 4 is 11.9 Å². The Bertz CT molecular complexity index is 1190. The second kappa shape index (κ2) is 54.5. The molecule has 0 radical (unpaired) electrons. The molecule has 67 heavy (non-hydrogen) atoms. The third kappa shape index (κ3) is 49.8. The molecule has 390 valence electrons. The van der Waals surface area contributed by atoms with Gasteiger partial charge in [0.25, 0.3) is 0 Å². The molecular formula is C61H111NO5. The number of aliphatic hydroxyl groups excluding tert-OH is 2. The van der Waals surface area contributed by atoms with Gasteiger partial charge in [-0.05, 0) is 83.5 Å². The molecule has 3 unspecified atom stereocenters. The third-order valence-corrected chi connectivity index (χ3v) is 13.1. The van der Waals surface area contributed by atoms with Gasteiger partial charge in [-0.25, -0.2) is 0 Å². The van der Waals surface area contributed by atoms with Crippen molar-refractivity contribution < 1.29 is 24.5 Å². The summed E-state index contributed by atoms with van der Waals surface area (Å²) >= 11 is 0. The van der Waals surface area contributed by atoms with Gasteiger partial charge in [0, 0.05) is 6.42 Å². The number of nitrogens with one attached hydrogen (secondary N) is 1. The molecule has 0 saturated carbocycles. The zero-order valence-electron chi connectivity index (χ0n) is 44.5. The van der Waals surface area contributed by atoms with Gasteiger partial charge in [-0.1, -0.05) is 255 Å². The minimum atomic E-state index is -0.806. The zero-order chi connectivity index (χ0) is 48.8. The van der Waals surface area contributed by atoms with Crippen molar-refractivity contribution in [1.82, 2.24) is 5.32 Å². The molecule has 1 amide bonds. The van der Waals surface area contributed by atoms with Crippen molar-refractivity contribution in [2.75, 3.05) is 6.61 Å². The Balaban J connectivity index is 4.61. The lowest BCUT2D eigenvalue weighted by Gasteiger charge is -2.24. The number of rotatable bonds is 52. The number of carbonyl (C=O) groups is 2. The molecular weight excluding hydrogens is 827 g/mol. The number of hydrogen-bond acceptors (Lipinski definition) is 5. The molecule has 3 atom stereocenters. The molecule has 0 saturated heterocycles. The highest BCUT2D eigenvalue weighted by Crippen LogP contribution is 2.17. The molecule has 0 rings (SSSR count). The number of unbranched alkanes of at least 4 members (excludes halogenated alkanes) is 31. The molecule has 0 spiro atoms. The Morgan fingerprint density at radius 1 is 0.448 bits per heavy atom. The number of aliphatic hydroxyl groups is 2. The summed E-state index contributed by atoms with van der Waals surface area (Å²) in [4.78, 5) is 26.2. The average Bonchev–Trinajstić information content (AvgIpc) is 3.32. The Kier molecular flexibility index (Phi) is 52.5. The molecule has 6 heteroatoms. The molecule has 0 bridgehead atoms. The van der Waals surface area contributed by atoms with Gasteiger partial charge in [0.2, 0.25) is 5.91 Å². The van der Waals surface area contributed by atoms with Gasteiger partial charge in [0.1, 0.15) is 6.10 Å². The van der Waals surface area contributed by atoms with Crippen molar-refractivity contribution in [3.05, 3.63) is 60.8 Å². The van der Waals surface area contributed by atoms with E-state index in [9.17, 15) is 19.8 Å². The fourth-order valence-corrected chi connectivity index (χ4v) is 8.67. The molecule has 0 heterocycles. The molecule has 0 aliphatic carbocycles. The van der Waals surface area contributed by atoms with Crippen molar-refractivity contribution in [3.8, 4) is 0 Å². The Morgan fingerprint density at radius 3 is 1.30 bits per heavy atom. The number of amides is 1. The second-order valence-electron chi connectivity index (χ2n) is 19.7. The summed E-state index contributed by atoms with van der Waals surface area (Å²) in [5, 5.41) is 23.9. The van der Waals surface area contributed by atoms with Gasteiger partial charge in [0.15, 0.2) is 0 Å². The predicted molar refractivity (Wildman–Crippen MR) is 292 cm³/mol. The second-order valence-corrected chi connectivity index (χ2v) is 19.7. The molecule has 0 aliphatic heterocycles. The third-order valence-electron chi connectivity index (χ3n) is 13.1. The van der Waals surface area contributed by atoms with Crippen molar-refractivity contribution in [2.24, 2.45) is 0 Å². The summed E-state index contributed by atoms with van der Waals surface area (Å²) in [6.07, 6.45) is 68.6. The number of hydrogen-bond donors (Lipinski definition) is 3. The van der Waals surface area contributed by atoms with Gasteiger partial charge in [0.05, 0.1) is 25.2 Å². The van der Waals surface area contributed by atoms with E-state index in [0.29, 0.717) is 19.3 Å². The fraction of sp³-hybridized carbons (Fsp3) is 0.803. The van der Waals surface area contributed by atoms with Crippen LogP contribution in [0.25, 0.3) is 0 Å². The number of allylic oxidation sites excluding steroid dienone is 10. The van der Waals surface area contributed by atoms with E-state index in [2.05, 4.69) is 86.8 Å². The molecule has 3 N–H and O–H groups in total. The van der Waals surface area contributed by atoms with E-state index in [-0.39, 0.29) is 24.9 Å². The summed E-state index contributed by atoms with van der Waals surface area (Å²) < 4.78 is 5.92. The SMILES string of the molecule is CCCCC/C=C\C/C=C\C/C=C\CCCCCCC(=O)OC(CCC/C=C/C=C/CCCCCCCCC)CC(=O)NC(CO)C(O)CCCCCCCCCCCCCCCCCCC. The summed E-state index contributed by atoms with van der Waals surface area (Å²) in [5.41, 5.74) is 0. The number of carbonyl (C=O) groups excluding carboxylic acids is 2. The Hall–Kier alpha value is -2.44. The van der Waals surface area contributed by atoms with Crippen LogP contribution in [0.2, 0.25) is 0 Å². The molecule has 0 aromatic rings. The van der Waals surface area contributed by atoms with E-state index >= 15 is 0 Å². The maximum atomic E-state index is 13.3. The Labute approximate surface area is 416 Å². The highest BCUT2D eigenvalue weighted by Gasteiger charge is 2.24. The highest BCUT2D eigenvalue weighted by molar-refractivity contribution is 5.77. The number of ether oxygens (including phenoxy) is 1. The van der Waals surface area contributed by atoms with Crippen LogP contribution in [0.3, 0.4) is 0 Å². The topological polar surface area (TPSA) is 95.9 Å². The van der Waals surface area contributed by atoms with Crippen molar-refractivity contribution in [2.45, 2.75) is 309 Å². The molecule has 6 nitrogen and oxygen atoms in total. The van der Waals surface area contributed by atoms with Gasteiger partial charge < -0.3 is 20.3 Å². The maximum Gasteiger partial charge on any atom is 0.306 e. The first-order chi connectivity index (χ1) is 33.0. The standard InChI is InChI=1S/C61H111NO5/c1-4-7-10-13-16-19-22-25-28-30-32-35-38-41-44-47-50-53-59(64)58(56-63)62-60(65)55-57(52-49-46-43-40-37-34-27-24-21-18-15-12-9-6-3)67-61(66)54-51-48-45-42-39-36-33-31-29-26-23-20-17-14-11-8-5-2/h17,20,26,29,33-34,36-37,40,43,57-59,63-64H,4-16,18-19,21-25,27-28,30-32,35,38-39,41-42,44-56H2,1-3H3,(H,62,65)/b20-17-,29-26-,36-33-,37-34+,43-40+. The van der Waals surface area contributed by atoms with Crippen LogP contribution in [0.1, 0.15) is 290 Å². The summed E-state index contributed by atoms with van der Waals surface area (Å²) in [5.74, 6) is -0.540. The molecule has 0 aromatic heterocycles. The van der Waals surface area contributed by atoms with E-state index in [4.69, 9.17) is 4.74 Å². The molecule has 0 fully saturated rings. The van der Waals surface area contributed by atoms with Crippen molar-refractivity contribution in [1.29, 1.82) is 0 Å². The first kappa shape index (κ1) is 64.6. The fourth-order valence-electron chi connectivity index (χ4n) is 8.67. The number of esters is 1. The highest BCUT2D eigenvalue weighted by atomic mass is 16.5. The lowest BCUT2D eigenvalue weighted by atomic mass is 10.0. The summed E-state index contributed by atoms with van der Waals surface area (Å²) in [7, 11) is 0. The summed E-state index contributed by atoms with van der Waals surface area (Å²) in [6, 6.07) is -0.723. The maximum absolute atomic E-state index is 13.3. The first-order valence-corrected chi connectivity index (χ1v) is 29.0. The van der Waals surface area contributed by atoms with Crippen LogP contribution in [0.15, 0.2) is 60.8 Å². The van der Waals surface area contributed by atoms with Gasteiger partial charge in [-0.15, -0.1) is 0 Å². The molecule has 0 aliphatic rings. The van der Waals surface area contributed by atoms with Gasteiger partial charge >= 0.3 is 5.97 Å². The van der Waals surface area contributed by atoms with E-state index in [1.807, 2.05) is 0 Å². The quantitative estimate of drug-likeness (QED) is 0.0244. The van der Waals surface area contributed by atoms with E-state index in [1.165, 1.54) is 161 Å². The van der Waals surface area contributed by atoms with Gasteiger partial charge in [-0.3, -0.25) is 9.59 Å². The van der Waals surface area contributed by atoms with Crippen LogP contribution in [-0.2, 0) is 14.3 Å². The van der Waals surface area contributed by atoms with Crippen LogP contribution in [0.4, 0.5) is 0 Å². The molecule has 0 aromatic carbocycles. The van der Waals surface area contributed by atoms with E-state index < -0.39 is 18.2 Å². The minimum Gasteiger partial charge on any atom is -0.462 e. The largest absolute Gasteiger partial charge is 0.462 e. The van der Waals surface area contributed by atoms with Crippen LogP contribution in [0.5, 0.6) is 0 Å². The van der Waals surface area contributed by atoms with Gasteiger partial charge in [-0.2, -0.15) is 0 Å². The Morgan fingerprint density at radius 2 is 0.821 bits per heavy atom. The van der Waals surface area contributed by atoms with E-state index in [0.717, 1.165) is 83.5 Å². The summed E-state index contributed by atoms with van der Waals surface area (Å²) in [6.45, 7) is 6.46. The lowest BCUT2D eigenvalue weighted by molar-refractivity contribution is -0.151. The average molecular weight is 939 g/mol. The predicted octanol–water partition coefficient (Wildman–Crippen LogP) is 18.0. The monoisotopic (exact) mass is 938 g/mol. The lowest BCUT2D eigenvalue weighted by Crippen LogP contribution is -2.46. The van der Waals surface area contributed by atoms with E-state index in [1.54, 1.807) is 0 Å². The van der Waals surface area contributed by atoms with Crippen molar-refractivity contribution in [3.63, 3.8) is 0 Å². The minimum absolute atomic E-state index is 0.0351. The van der Waals surface area contributed by atoms with Crippen LogP contribution in [0, 0.1) is 0 Å². The van der Waals surface area contributed by atoms with Crippen LogP contribution in [-0.4, -0.2) is 46.9 Å².